The predicted octanol–water partition coefficient (Wildman–Crippen LogP) is 5.13. The molecule has 1 nitrogen and oxygen atoms in total. The number of hydrogen-bond donors (Lipinski definition) is 1. The fourth-order valence-corrected chi connectivity index (χ4v) is 2.32. The lowest BCUT2D eigenvalue weighted by atomic mass is 10.1. The molecule has 0 amide bonds. The first-order chi connectivity index (χ1) is 10.3. The number of hydrogen-bond acceptors (Lipinski definition) is 0. The Morgan fingerprint density at radius 3 is 1.14 bits per heavy atom. The van der Waals surface area contributed by atoms with Crippen molar-refractivity contribution in [3.63, 3.8) is 0 Å². The smallest absolute Gasteiger partial charge is 0.418 e. The van der Waals surface area contributed by atoms with E-state index < -0.39 is 7.25 Å². The van der Waals surface area contributed by atoms with Crippen molar-refractivity contribution in [1.82, 2.24) is 0 Å². The summed E-state index contributed by atoms with van der Waals surface area (Å²) in [5.41, 5.74) is 0. The standard InChI is InChI=1S/C16H35N.BF4/c1-4-5-6-7-8-9-10-11-12-13-14-15-16-17(2)3;2-1(3,4)5/h4-16H2,1-3H3;/q;-1/p+1. The normalized spacial score (nSPS) is 11.5. The zero-order valence-corrected chi connectivity index (χ0v) is 14.8. The molecule has 0 saturated carbocycles. The zero-order chi connectivity index (χ0) is 17.3. The summed E-state index contributed by atoms with van der Waals surface area (Å²) in [6.45, 7) is 3.63. The lowest BCUT2D eigenvalue weighted by Crippen LogP contribution is -3.05. The van der Waals surface area contributed by atoms with Gasteiger partial charge in [0.1, 0.15) is 0 Å². The van der Waals surface area contributed by atoms with E-state index in [1.165, 1.54) is 83.6 Å². The molecule has 0 aromatic rings. The molecule has 136 valence electrons. The molecule has 0 unspecified atom stereocenters. The third-order valence-corrected chi connectivity index (χ3v) is 3.53. The maximum absolute atomic E-state index is 9.75. The van der Waals surface area contributed by atoms with E-state index in [1.807, 2.05) is 0 Å². The Bertz CT molecular complexity index is 205. The number of rotatable bonds is 13. The highest BCUT2D eigenvalue weighted by Crippen LogP contribution is 2.11. The van der Waals surface area contributed by atoms with Gasteiger partial charge >= 0.3 is 7.25 Å². The molecule has 0 rings (SSSR count). The third-order valence-electron chi connectivity index (χ3n) is 3.53. The molecule has 0 saturated heterocycles. The Morgan fingerprint density at radius 2 is 0.864 bits per heavy atom. The quantitative estimate of drug-likeness (QED) is 0.271. The van der Waals surface area contributed by atoms with Crippen LogP contribution in [0.5, 0.6) is 0 Å². The molecule has 0 radical (unpaired) electrons. The summed E-state index contributed by atoms with van der Waals surface area (Å²) in [6.07, 6.45) is 17.4. The molecule has 6 heteroatoms. The van der Waals surface area contributed by atoms with E-state index in [4.69, 9.17) is 0 Å². The summed E-state index contributed by atoms with van der Waals surface area (Å²) in [5, 5.41) is 0. The lowest BCUT2D eigenvalue weighted by molar-refractivity contribution is -0.858. The van der Waals surface area contributed by atoms with Gasteiger partial charge in [-0.1, -0.05) is 71.1 Å². The van der Waals surface area contributed by atoms with Gasteiger partial charge in [0.25, 0.3) is 0 Å². The van der Waals surface area contributed by atoms with Crippen LogP contribution in [0.2, 0.25) is 0 Å². The Morgan fingerprint density at radius 1 is 0.591 bits per heavy atom. The molecule has 0 atom stereocenters. The molecule has 0 bridgehead atoms. The van der Waals surface area contributed by atoms with Crippen molar-refractivity contribution in [3.8, 4) is 0 Å². The van der Waals surface area contributed by atoms with Crippen molar-refractivity contribution in [2.24, 2.45) is 0 Å². The van der Waals surface area contributed by atoms with Crippen LogP contribution in [0.25, 0.3) is 0 Å². The van der Waals surface area contributed by atoms with Gasteiger partial charge in [0, 0.05) is 0 Å². The van der Waals surface area contributed by atoms with Crippen LogP contribution in [-0.4, -0.2) is 27.9 Å². The molecule has 0 aliphatic carbocycles. The van der Waals surface area contributed by atoms with Gasteiger partial charge < -0.3 is 22.2 Å². The highest BCUT2D eigenvalue weighted by atomic mass is 19.5. The first-order valence-corrected chi connectivity index (χ1v) is 8.93. The van der Waals surface area contributed by atoms with Crippen LogP contribution in [0.1, 0.15) is 84.0 Å². The van der Waals surface area contributed by atoms with Crippen LogP contribution in [0.4, 0.5) is 17.3 Å². The Labute approximate surface area is 134 Å². The van der Waals surface area contributed by atoms with Crippen LogP contribution in [-0.2, 0) is 0 Å². The zero-order valence-electron chi connectivity index (χ0n) is 14.8. The molecule has 0 aromatic heterocycles. The molecule has 0 heterocycles. The largest absolute Gasteiger partial charge is 0.673 e. The first-order valence-electron chi connectivity index (χ1n) is 8.93. The van der Waals surface area contributed by atoms with Crippen LogP contribution >= 0.6 is 0 Å². The van der Waals surface area contributed by atoms with E-state index in [0.717, 1.165) is 0 Å². The van der Waals surface area contributed by atoms with Crippen LogP contribution in [0.3, 0.4) is 0 Å². The van der Waals surface area contributed by atoms with Gasteiger partial charge in [0.15, 0.2) is 0 Å². The molecule has 1 N–H and O–H groups in total. The maximum Gasteiger partial charge on any atom is 0.673 e. The fraction of sp³-hybridized carbons (Fsp3) is 1.00. The van der Waals surface area contributed by atoms with E-state index in [-0.39, 0.29) is 0 Å². The second-order valence-electron chi connectivity index (χ2n) is 6.34. The van der Waals surface area contributed by atoms with Gasteiger partial charge in [0.2, 0.25) is 0 Å². The highest BCUT2D eigenvalue weighted by Gasteiger charge is 2.20. The lowest BCUT2D eigenvalue weighted by Gasteiger charge is -2.06. The molecule has 0 aromatic carbocycles. The summed E-state index contributed by atoms with van der Waals surface area (Å²) in [5.74, 6) is 0. The van der Waals surface area contributed by atoms with Crippen LogP contribution in [0.15, 0.2) is 0 Å². The van der Waals surface area contributed by atoms with Crippen molar-refractivity contribution >= 4 is 7.25 Å². The van der Waals surface area contributed by atoms with Gasteiger partial charge in [0.05, 0.1) is 20.6 Å². The molecule has 0 aliphatic heterocycles. The number of halogens is 4. The summed E-state index contributed by atoms with van der Waals surface area (Å²) in [4.78, 5) is 1.59. The number of quaternary nitrogens is 1. The Hall–Kier alpha value is -0.255. The molecular weight excluding hydrogens is 293 g/mol. The molecule has 0 fully saturated rings. The average Bonchev–Trinajstić information content (AvgIpc) is 2.38. The van der Waals surface area contributed by atoms with Crippen molar-refractivity contribution in [3.05, 3.63) is 0 Å². The average molecular weight is 329 g/mol. The Kier molecular flexibility index (Phi) is 18.7. The van der Waals surface area contributed by atoms with E-state index >= 15 is 0 Å². The minimum atomic E-state index is -6.00. The minimum absolute atomic E-state index is 1.34. The SMILES string of the molecule is CCCCCCCCCCCCCC[NH+](C)C.F[B-](F)(F)F. The van der Waals surface area contributed by atoms with Gasteiger partial charge in [-0.25, -0.2) is 0 Å². The van der Waals surface area contributed by atoms with Gasteiger partial charge in [-0.2, -0.15) is 0 Å². The van der Waals surface area contributed by atoms with Crippen molar-refractivity contribution < 1.29 is 22.2 Å². The van der Waals surface area contributed by atoms with Gasteiger partial charge in [-0.05, 0) is 12.8 Å². The highest BCUT2D eigenvalue weighted by molar-refractivity contribution is 6.50. The number of unbranched alkanes of at least 4 members (excludes halogenated alkanes) is 11. The van der Waals surface area contributed by atoms with E-state index in [9.17, 15) is 17.3 Å². The number of nitrogens with one attached hydrogen (secondary N) is 1. The summed E-state index contributed by atoms with van der Waals surface area (Å²) >= 11 is 0. The van der Waals surface area contributed by atoms with Crippen molar-refractivity contribution in [2.75, 3.05) is 20.6 Å². The van der Waals surface area contributed by atoms with Crippen LogP contribution in [0, 0.1) is 0 Å². The minimum Gasteiger partial charge on any atom is -0.418 e. The van der Waals surface area contributed by atoms with Crippen molar-refractivity contribution in [1.29, 1.82) is 0 Å². The summed E-state index contributed by atoms with van der Waals surface area (Å²) < 4.78 is 39.0. The van der Waals surface area contributed by atoms with E-state index in [0.29, 0.717) is 0 Å². The summed E-state index contributed by atoms with van der Waals surface area (Å²) in [7, 11) is -1.50. The maximum atomic E-state index is 9.75. The monoisotopic (exact) mass is 329 g/mol. The van der Waals surface area contributed by atoms with E-state index in [2.05, 4.69) is 21.0 Å². The van der Waals surface area contributed by atoms with Crippen LogP contribution < -0.4 is 4.90 Å². The summed E-state index contributed by atoms with van der Waals surface area (Å²) in [6, 6.07) is 0. The predicted molar refractivity (Wildman–Crippen MR) is 88.9 cm³/mol. The molecular formula is C16H36BF4N. The molecule has 0 aliphatic rings. The van der Waals surface area contributed by atoms with E-state index in [1.54, 1.807) is 4.90 Å². The molecule has 22 heavy (non-hydrogen) atoms. The molecule has 0 spiro atoms. The first kappa shape index (κ1) is 24.0. The topological polar surface area (TPSA) is 4.44 Å². The second kappa shape index (κ2) is 17.1. The second-order valence-corrected chi connectivity index (χ2v) is 6.34. The third kappa shape index (κ3) is 36.7. The van der Waals surface area contributed by atoms with Crippen molar-refractivity contribution in [2.45, 2.75) is 84.0 Å². The van der Waals surface area contributed by atoms with Gasteiger partial charge in [-0.3, -0.25) is 0 Å². The fourth-order valence-electron chi connectivity index (χ4n) is 2.32. The van der Waals surface area contributed by atoms with Gasteiger partial charge in [-0.15, -0.1) is 0 Å². The Balaban J connectivity index is 0.